The van der Waals surface area contributed by atoms with Crippen LogP contribution in [0.1, 0.15) is 12.8 Å². The number of methoxy groups -OCH3 is 1. The Morgan fingerprint density at radius 3 is 2.78 bits per heavy atom. The second-order valence-corrected chi connectivity index (χ2v) is 6.58. The van der Waals surface area contributed by atoms with E-state index in [1.165, 1.54) is 13.2 Å². The van der Waals surface area contributed by atoms with Gasteiger partial charge in [-0.15, -0.1) is 0 Å². The molecule has 0 amide bonds. The van der Waals surface area contributed by atoms with Gasteiger partial charge in [-0.25, -0.2) is 8.42 Å². The summed E-state index contributed by atoms with van der Waals surface area (Å²) in [5.41, 5.74) is 0. The van der Waals surface area contributed by atoms with E-state index in [4.69, 9.17) is 9.57 Å². The van der Waals surface area contributed by atoms with Crippen molar-refractivity contribution in [2.45, 2.75) is 17.7 Å². The van der Waals surface area contributed by atoms with Crippen molar-refractivity contribution < 1.29 is 18.0 Å². The van der Waals surface area contributed by atoms with E-state index in [0.717, 1.165) is 17.3 Å². The number of benzene rings is 1. The number of hydrogen-bond acceptors (Lipinski definition) is 4. The maximum atomic E-state index is 12.4. The maximum absolute atomic E-state index is 12.4. The van der Waals surface area contributed by atoms with Crippen LogP contribution in [0.2, 0.25) is 0 Å². The Bertz CT molecular complexity index is 526. The van der Waals surface area contributed by atoms with E-state index in [9.17, 15) is 8.42 Å². The molecule has 1 heterocycles. The molecular weight excluding hydrogens is 322 g/mol. The predicted octanol–water partition coefficient (Wildman–Crippen LogP) is 2.17. The molecule has 0 radical (unpaired) electrons. The molecular formula is C11H14BrNO4S. The van der Waals surface area contributed by atoms with Crippen molar-refractivity contribution in [1.82, 2.24) is 4.47 Å². The Hall–Kier alpha value is -0.630. The van der Waals surface area contributed by atoms with E-state index in [1.807, 2.05) is 0 Å². The van der Waals surface area contributed by atoms with Gasteiger partial charge in [0.2, 0.25) is 0 Å². The predicted molar refractivity (Wildman–Crippen MR) is 69.8 cm³/mol. The van der Waals surface area contributed by atoms with Crippen LogP contribution in [-0.4, -0.2) is 33.1 Å². The third-order valence-electron chi connectivity index (χ3n) is 2.64. The summed E-state index contributed by atoms with van der Waals surface area (Å²) in [5, 5.41) is 0. The zero-order valence-electron chi connectivity index (χ0n) is 9.93. The second kappa shape index (κ2) is 5.56. The van der Waals surface area contributed by atoms with Crippen molar-refractivity contribution in [1.29, 1.82) is 0 Å². The van der Waals surface area contributed by atoms with E-state index in [2.05, 4.69) is 15.9 Å². The molecule has 0 N–H and O–H groups in total. The third kappa shape index (κ3) is 2.69. The number of sulfonamides is 1. The summed E-state index contributed by atoms with van der Waals surface area (Å²) in [6.45, 7) is 0.799. The third-order valence-corrected chi connectivity index (χ3v) is 4.83. The van der Waals surface area contributed by atoms with Crippen LogP contribution >= 0.6 is 15.9 Å². The molecule has 18 heavy (non-hydrogen) atoms. The van der Waals surface area contributed by atoms with Gasteiger partial charge in [-0.3, -0.25) is 4.84 Å². The topological polar surface area (TPSA) is 55.8 Å². The van der Waals surface area contributed by atoms with Gasteiger partial charge in [0.05, 0.1) is 13.7 Å². The standard InChI is InChI=1S/C11H14BrNO4S/c1-16-10-5-4-9(12)8-11(10)18(14,15)13-6-2-3-7-17-13/h4-5,8H,2-3,6-7H2,1H3. The first kappa shape index (κ1) is 13.8. The van der Waals surface area contributed by atoms with Crippen LogP contribution in [-0.2, 0) is 14.9 Å². The monoisotopic (exact) mass is 335 g/mol. The van der Waals surface area contributed by atoms with Gasteiger partial charge in [0.1, 0.15) is 10.6 Å². The van der Waals surface area contributed by atoms with Crippen LogP contribution < -0.4 is 4.74 Å². The molecule has 0 unspecified atom stereocenters. The number of rotatable bonds is 3. The molecule has 1 saturated heterocycles. The van der Waals surface area contributed by atoms with Crippen molar-refractivity contribution in [3.8, 4) is 5.75 Å². The molecule has 1 aliphatic rings. The van der Waals surface area contributed by atoms with E-state index < -0.39 is 10.0 Å². The highest BCUT2D eigenvalue weighted by Crippen LogP contribution is 2.30. The highest BCUT2D eigenvalue weighted by Gasteiger charge is 2.30. The lowest BCUT2D eigenvalue weighted by Gasteiger charge is -2.25. The van der Waals surface area contributed by atoms with Crippen molar-refractivity contribution in [3.05, 3.63) is 22.7 Å². The van der Waals surface area contributed by atoms with Crippen molar-refractivity contribution >= 4 is 26.0 Å². The Morgan fingerprint density at radius 2 is 2.17 bits per heavy atom. The number of nitrogens with zero attached hydrogens (tertiary/aromatic N) is 1. The smallest absolute Gasteiger partial charge is 0.268 e. The summed E-state index contributed by atoms with van der Waals surface area (Å²) < 4.78 is 31.7. The van der Waals surface area contributed by atoms with Gasteiger partial charge < -0.3 is 4.74 Å². The lowest BCUT2D eigenvalue weighted by atomic mass is 10.3. The van der Waals surface area contributed by atoms with Crippen LogP contribution in [0, 0.1) is 0 Å². The normalized spacial score (nSPS) is 17.7. The Labute approximate surface area is 115 Å². The van der Waals surface area contributed by atoms with Crippen molar-refractivity contribution in [2.24, 2.45) is 0 Å². The summed E-state index contributed by atoms with van der Waals surface area (Å²) in [4.78, 5) is 5.32. The largest absolute Gasteiger partial charge is 0.495 e. The van der Waals surface area contributed by atoms with E-state index in [1.54, 1.807) is 12.1 Å². The molecule has 1 aromatic carbocycles. The summed E-state index contributed by atoms with van der Waals surface area (Å²) in [6, 6.07) is 4.86. The fraction of sp³-hybridized carbons (Fsp3) is 0.455. The van der Waals surface area contributed by atoms with Crippen molar-refractivity contribution in [2.75, 3.05) is 20.3 Å². The first-order chi connectivity index (χ1) is 8.55. The van der Waals surface area contributed by atoms with Gasteiger partial charge in [0.15, 0.2) is 0 Å². The minimum Gasteiger partial charge on any atom is -0.495 e. The molecule has 0 spiro atoms. The Balaban J connectivity index is 2.42. The highest BCUT2D eigenvalue weighted by molar-refractivity contribution is 9.10. The molecule has 1 fully saturated rings. The quantitative estimate of drug-likeness (QED) is 0.849. The van der Waals surface area contributed by atoms with E-state index >= 15 is 0 Å². The zero-order valence-corrected chi connectivity index (χ0v) is 12.3. The second-order valence-electron chi connectivity index (χ2n) is 3.87. The van der Waals surface area contributed by atoms with Gasteiger partial charge in [-0.1, -0.05) is 20.4 Å². The average Bonchev–Trinajstić information content (AvgIpc) is 2.39. The summed E-state index contributed by atoms with van der Waals surface area (Å²) in [7, 11) is -2.23. The summed E-state index contributed by atoms with van der Waals surface area (Å²) in [6.07, 6.45) is 1.68. The van der Waals surface area contributed by atoms with Crippen LogP contribution in [0.15, 0.2) is 27.6 Å². The van der Waals surface area contributed by atoms with Gasteiger partial charge >= 0.3 is 0 Å². The molecule has 2 rings (SSSR count). The maximum Gasteiger partial charge on any atom is 0.268 e. The lowest BCUT2D eigenvalue weighted by molar-refractivity contribution is -0.108. The summed E-state index contributed by atoms with van der Waals surface area (Å²) in [5.74, 6) is 0.312. The molecule has 0 aromatic heterocycles. The highest BCUT2D eigenvalue weighted by atomic mass is 79.9. The first-order valence-corrected chi connectivity index (χ1v) is 7.78. The van der Waals surface area contributed by atoms with Gasteiger partial charge in [0, 0.05) is 11.0 Å². The average molecular weight is 336 g/mol. The van der Waals surface area contributed by atoms with E-state index in [-0.39, 0.29) is 4.90 Å². The first-order valence-electron chi connectivity index (χ1n) is 5.55. The molecule has 0 atom stereocenters. The number of hydrogen-bond donors (Lipinski definition) is 0. The Morgan fingerprint density at radius 1 is 1.39 bits per heavy atom. The molecule has 0 bridgehead atoms. The molecule has 1 aromatic rings. The zero-order chi connectivity index (χ0) is 13.2. The lowest BCUT2D eigenvalue weighted by Crippen LogP contribution is -2.35. The SMILES string of the molecule is COc1ccc(Br)cc1S(=O)(=O)N1CCCCO1. The number of halogens is 1. The van der Waals surface area contributed by atoms with Crippen molar-refractivity contribution in [3.63, 3.8) is 0 Å². The van der Waals surface area contributed by atoms with E-state index in [0.29, 0.717) is 23.4 Å². The van der Waals surface area contributed by atoms with Crippen LogP contribution in [0.3, 0.4) is 0 Å². The fourth-order valence-corrected chi connectivity index (χ4v) is 3.72. The number of ether oxygens (including phenoxy) is 1. The molecule has 0 saturated carbocycles. The number of hydroxylamine groups is 1. The summed E-state index contributed by atoms with van der Waals surface area (Å²) >= 11 is 3.26. The van der Waals surface area contributed by atoms with Crippen LogP contribution in [0.5, 0.6) is 5.75 Å². The van der Waals surface area contributed by atoms with Gasteiger partial charge in [-0.05, 0) is 31.0 Å². The van der Waals surface area contributed by atoms with Crippen LogP contribution in [0.4, 0.5) is 0 Å². The minimum atomic E-state index is -3.67. The molecule has 5 nitrogen and oxygen atoms in total. The molecule has 7 heteroatoms. The van der Waals surface area contributed by atoms with Gasteiger partial charge in [0.25, 0.3) is 10.0 Å². The minimum absolute atomic E-state index is 0.112. The molecule has 100 valence electrons. The Kier molecular flexibility index (Phi) is 4.26. The molecule has 0 aliphatic carbocycles. The van der Waals surface area contributed by atoms with Gasteiger partial charge in [-0.2, -0.15) is 0 Å². The fourth-order valence-electron chi connectivity index (χ4n) is 1.73. The molecule has 1 aliphatic heterocycles. The van der Waals surface area contributed by atoms with Crippen LogP contribution in [0.25, 0.3) is 0 Å².